The minimum atomic E-state index is -1.22. The minimum absolute atomic E-state index is 0.339. The van der Waals surface area contributed by atoms with E-state index in [9.17, 15) is 9.65 Å². The average Bonchev–Trinajstić information content (AvgIpc) is 2.98. The molecule has 2 aromatic carbocycles. The number of pyridine rings is 1. The van der Waals surface area contributed by atoms with Crippen LogP contribution in [0.25, 0.3) is 0 Å². The maximum atomic E-state index is 14.6. The SMILES string of the molecule is N#C[C@]1(c2ccccc2F)c2ncccc2N[C@@H]1c1ccccc1. The third kappa shape index (κ3) is 1.92. The number of hydrogen-bond acceptors (Lipinski definition) is 3. The number of anilines is 1. The van der Waals surface area contributed by atoms with Crippen LogP contribution in [0.5, 0.6) is 0 Å². The molecule has 4 rings (SSSR count). The summed E-state index contributed by atoms with van der Waals surface area (Å²) in [6.45, 7) is 0. The van der Waals surface area contributed by atoms with Gasteiger partial charge in [-0.3, -0.25) is 4.98 Å². The molecule has 116 valence electrons. The van der Waals surface area contributed by atoms with Crippen molar-refractivity contribution in [2.75, 3.05) is 5.32 Å². The van der Waals surface area contributed by atoms with Gasteiger partial charge in [-0.2, -0.15) is 5.26 Å². The van der Waals surface area contributed by atoms with Crippen LogP contribution in [0.2, 0.25) is 0 Å². The molecular weight excluding hydrogens is 301 g/mol. The molecule has 2 heterocycles. The lowest BCUT2D eigenvalue weighted by molar-refractivity contribution is 0.521. The second kappa shape index (κ2) is 5.47. The fraction of sp³-hybridized carbons (Fsp3) is 0.100. The van der Waals surface area contributed by atoms with Gasteiger partial charge < -0.3 is 5.32 Å². The summed E-state index contributed by atoms with van der Waals surface area (Å²) >= 11 is 0. The summed E-state index contributed by atoms with van der Waals surface area (Å²) in [6.07, 6.45) is 1.64. The number of hydrogen-bond donors (Lipinski definition) is 1. The van der Waals surface area contributed by atoms with Gasteiger partial charge in [0.25, 0.3) is 0 Å². The molecule has 0 unspecified atom stereocenters. The zero-order valence-electron chi connectivity index (χ0n) is 12.8. The molecule has 1 N–H and O–H groups in total. The van der Waals surface area contributed by atoms with Crippen molar-refractivity contribution in [2.45, 2.75) is 11.5 Å². The van der Waals surface area contributed by atoms with Crippen molar-refractivity contribution in [3.63, 3.8) is 0 Å². The van der Waals surface area contributed by atoms with Crippen LogP contribution < -0.4 is 5.32 Å². The summed E-state index contributed by atoms with van der Waals surface area (Å²) < 4.78 is 14.6. The Kier molecular flexibility index (Phi) is 3.28. The Labute approximate surface area is 139 Å². The van der Waals surface area contributed by atoms with Crippen molar-refractivity contribution in [3.05, 3.63) is 95.6 Å². The zero-order chi connectivity index (χ0) is 16.6. The first-order chi connectivity index (χ1) is 11.8. The number of aromatic nitrogens is 1. The Morgan fingerprint density at radius 2 is 1.75 bits per heavy atom. The van der Waals surface area contributed by atoms with E-state index in [0.29, 0.717) is 11.3 Å². The Balaban J connectivity index is 2.03. The van der Waals surface area contributed by atoms with Crippen LogP contribution in [-0.4, -0.2) is 4.98 Å². The van der Waals surface area contributed by atoms with E-state index in [1.54, 1.807) is 24.4 Å². The number of halogens is 1. The Hall–Kier alpha value is -3.19. The number of nitriles is 1. The number of fused-ring (bicyclic) bond motifs is 1. The lowest BCUT2D eigenvalue weighted by Crippen LogP contribution is -2.33. The predicted molar refractivity (Wildman–Crippen MR) is 89.8 cm³/mol. The quantitative estimate of drug-likeness (QED) is 0.771. The van der Waals surface area contributed by atoms with Crippen LogP contribution in [0.4, 0.5) is 10.1 Å². The Morgan fingerprint density at radius 3 is 2.50 bits per heavy atom. The Bertz CT molecular complexity index is 933. The van der Waals surface area contributed by atoms with Gasteiger partial charge >= 0.3 is 0 Å². The highest BCUT2D eigenvalue weighted by molar-refractivity contribution is 5.68. The molecule has 3 aromatic rings. The topological polar surface area (TPSA) is 48.7 Å². The Morgan fingerprint density at radius 1 is 1.00 bits per heavy atom. The molecule has 0 radical (unpaired) electrons. The number of nitrogens with one attached hydrogen (secondary N) is 1. The largest absolute Gasteiger partial charge is 0.374 e. The van der Waals surface area contributed by atoms with Crippen LogP contribution in [0.15, 0.2) is 72.9 Å². The molecule has 1 aliphatic heterocycles. The van der Waals surface area contributed by atoms with Gasteiger partial charge in [0, 0.05) is 11.8 Å². The smallest absolute Gasteiger partial charge is 0.153 e. The number of nitrogens with zero attached hydrogens (tertiary/aromatic N) is 2. The summed E-state index contributed by atoms with van der Waals surface area (Å²) in [6, 6.07) is 21.7. The third-order valence-electron chi connectivity index (χ3n) is 4.52. The molecular formula is C20H14FN3. The van der Waals surface area contributed by atoms with Crippen molar-refractivity contribution >= 4 is 5.69 Å². The molecule has 3 nitrogen and oxygen atoms in total. The highest BCUT2D eigenvalue weighted by atomic mass is 19.1. The molecule has 0 saturated carbocycles. The molecule has 1 aromatic heterocycles. The van der Waals surface area contributed by atoms with Crippen molar-refractivity contribution in [2.24, 2.45) is 0 Å². The van der Waals surface area contributed by atoms with E-state index in [4.69, 9.17) is 0 Å². The summed E-state index contributed by atoms with van der Waals surface area (Å²) in [4.78, 5) is 4.43. The van der Waals surface area contributed by atoms with Gasteiger partial charge in [0.15, 0.2) is 5.41 Å². The summed E-state index contributed by atoms with van der Waals surface area (Å²) in [5.74, 6) is -0.403. The summed E-state index contributed by atoms with van der Waals surface area (Å²) in [5, 5.41) is 13.5. The first kappa shape index (κ1) is 14.4. The van der Waals surface area contributed by atoms with Gasteiger partial charge in [-0.1, -0.05) is 48.5 Å². The molecule has 0 aliphatic carbocycles. The molecule has 0 fully saturated rings. The molecule has 0 amide bonds. The molecule has 0 bridgehead atoms. The van der Waals surface area contributed by atoms with Crippen molar-refractivity contribution in [1.82, 2.24) is 4.98 Å². The van der Waals surface area contributed by atoms with Crippen molar-refractivity contribution in [3.8, 4) is 6.07 Å². The van der Waals surface area contributed by atoms with Crippen LogP contribution in [-0.2, 0) is 5.41 Å². The van der Waals surface area contributed by atoms with E-state index in [1.165, 1.54) is 6.07 Å². The third-order valence-corrected chi connectivity index (χ3v) is 4.52. The molecule has 1 aliphatic rings. The molecule has 2 atom stereocenters. The minimum Gasteiger partial charge on any atom is -0.374 e. The van der Waals surface area contributed by atoms with Gasteiger partial charge in [-0.05, 0) is 23.8 Å². The van der Waals surface area contributed by atoms with E-state index in [0.717, 1.165) is 11.3 Å². The second-order valence-electron chi connectivity index (χ2n) is 5.79. The van der Waals surface area contributed by atoms with Crippen molar-refractivity contribution in [1.29, 1.82) is 5.26 Å². The maximum absolute atomic E-state index is 14.6. The molecule has 24 heavy (non-hydrogen) atoms. The van der Waals surface area contributed by atoms with E-state index >= 15 is 0 Å². The number of rotatable bonds is 2. The highest BCUT2D eigenvalue weighted by Crippen LogP contribution is 2.51. The van der Waals surface area contributed by atoms with Crippen LogP contribution in [0.3, 0.4) is 0 Å². The fourth-order valence-electron chi connectivity index (χ4n) is 3.46. The fourth-order valence-corrected chi connectivity index (χ4v) is 3.46. The first-order valence-electron chi connectivity index (χ1n) is 7.70. The van der Waals surface area contributed by atoms with Gasteiger partial charge in [0.2, 0.25) is 0 Å². The van der Waals surface area contributed by atoms with E-state index < -0.39 is 17.3 Å². The summed E-state index contributed by atoms with van der Waals surface area (Å²) in [7, 11) is 0. The second-order valence-corrected chi connectivity index (χ2v) is 5.79. The van der Waals surface area contributed by atoms with Crippen molar-refractivity contribution < 1.29 is 4.39 Å². The standard InChI is InChI=1S/C20H14FN3/c21-16-10-5-4-9-15(16)20(13-22)18(14-7-2-1-3-8-14)24-17-11-6-12-23-19(17)20/h1-12,18,24H/t18-,20-/m1/s1. The molecule has 0 spiro atoms. The lowest BCUT2D eigenvalue weighted by atomic mass is 9.72. The molecule has 0 saturated heterocycles. The van der Waals surface area contributed by atoms with Gasteiger partial charge in [0.1, 0.15) is 5.82 Å². The van der Waals surface area contributed by atoms with Gasteiger partial charge in [0.05, 0.1) is 23.5 Å². The van der Waals surface area contributed by atoms with Crippen LogP contribution in [0, 0.1) is 17.1 Å². The maximum Gasteiger partial charge on any atom is 0.153 e. The van der Waals surface area contributed by atoms with Crippen LogP contribution in [0.1, 0.15) is 22.9 Å². The van der Waals surface area contributed by atoms with E-state index in [1.807, 2.05) is 42.5 Å². The summed E-state index contributed by atoms with van der Waals surface area (Å²) in [5.41, 5.74) is 1.36. The normalized spacial score (nSPS) is 21.6. The van der Waals surface area contributed by atoms with Gasteiger partial charge in [-0.25, -0.2) is 4.39 Å². The number of benzene rings is 2. The lowest BCUT2D eigenvalue weighted by Gasteiger charge is -2.29. The monoisotopic (exact) mass is 315 g/mol. The van der Waals surface area contributed by atoms with E-state index in [-0.39, 0.29) is 0 Å². The molecule has 4 heteroatoms. The average molecular weight is 315 g/mol. The zero-order valence-corrected chi connectivity index (χ0v) is 12.8. The van der Waals surface area contributed by atoms with Gasteiger partial charge in [-0.15, -0.1) is 0 Å². The van der Waals surface area contributed by atoms with Crippen LogP contribution >= 0.6 is 0 Å². The first-order valence-corrected chi connectivity index (χ1v) is 7.70. The predicted octanol–water partition coefficient (Wildman–Crippen LogP) is 4.20. The van der Waals surface area contributed by atoms with E-state index in [2.05, 4.69) is 16.4 Å². The highest BCUT2D eigenvalue weighted by Gasteiger charge is 2.52.